The molecule has 1 rings (SSSR count). The predicted molar refractivity (Wildman–Crippen MR) is 63.9 cm³/mol. The standard InChI is InChI=1S/C10H22N2O3S/c1-9-10(5-7-15-9)12-16(13,14)8-4-3-6-11-2/h9-12H,3-8H2,1-2H3. The first-order valence-electron chi connectivity index (χ1n) is 5.81. The minimum Gasteiger partial charge on any atom is -0.377 e. The van der Waals surface area contributed by atoms with Gasteiger partial charge in [-0.25, -0.2) is 13.1 Å². The van der Waals surface area contributed by atoms with Crippen LogP contribution in [-0.2, 0) is 14.8 Å². The van der Waals surface area contributed by atoms with Gasteiger partial charge < -0.3 is 10.1 Å². The second-order valence-corrected chi connectivity index (χ2v) is 6.09. The van der Waals surface area contributed by atoms with Crippen molar-refractivity contribution in [3.05, 3.63) is 0 Å². The van der Waals surface area contributed by atoms with Crippen LogP contribution in [0.25, 0.3) is 0 Å². The van der Waals surface area contributed by atoms with Gasteiger partial charge in [0.2, 0.25) is 10.0 Å². The van der Waals surface area contributed by atoms with Crippen molar-refractivity contribution in [3.63, 3.8) is 0 Å². The summed E-state index contributed by atoms with van der Waals surface area (Å²) in [5, 5.41) is 3.00. The number of sulfonamides is 1. The first-order valence-corrected chi connectivity index (χ1v) is 7.46. The molecule has 5 nitrogen and oxygen atoms in total. The fourth-order valence-corrected chi connectivity index (χ4v) is 3.24. The number of rotatable bonds is 7. The Morgan fingerprint density at radius 3 is 2.69 bits per heavy atom. The predicted octanol–water partition coefficient (Wildman–Crippen LogP) is 0.0828. The smallest absolute Gasteiger partial charge is 0.211 e. The van der Waals surface area contributed by atoms with Crippen molar-refractivity contribution in [3.8, 4) is 0 Å². The van der Waals surface area contributed by atoms with Gasteiger partial charge in [-0.05, 0) is 39.8 Å². The van der Waals surface area contributed by atoms with Crippen LogP contribution in [0.15, 0.2) is 0 Å². The molecular formula is C10H22N2O3S. The van der Waals surface area contributed by atoms with Gasteiger partial charge in [-0.15, -0.1) is 0 Å². The Bertz CT molecular complexity index is 292. The van der Waals surface area contributed by atoms with Crippen molar-refractivity contribution in [2.45, 2.75) is 38.3 Å². The van der Waals surface area contributed by atoms with E-state index in [2.05, 4.69) is 10.0 Å². The molecule has 96 valence electrons. The summed E-state index contributed by atoms with van der Waals surface area (Å²) in [7, 11) is -1.27. The minimum atomic E-state index is -3.14. The Morgan fingerprint density at radius 2 is 2.12 bits per heavy atom. The van der Waals surface area contributed by atoms with Crippen LogP contribution in [0.4, 0.5) is 0 Å². The third kappa shape index (κ3) is 4.78. The summed E-state index contributed by atoms with van der Waals surface area (Å²) < 4.78 is 31.4. The van der Waals surface area contributed by atoms with Crippen LogP contribution in [0.1, 0.15) is 26.2 Å². The van der Waals surface area contributed by atoms with Crippen LogP contribution in [0.2, 0.25) is 0 Å². The van der Waals surface area contributed by atoms with Crippen LogP contribution in [0.3, 0.4) is 0 Å². The van der Waals surface area contributed by atoms with Gasteiger partial charge in [0.1, 0.15) is 0 Å². The second-order valence-electron chi connectivity index (χ2n) is 4.22. The topological polar surface area (TPSA) is 67.4 Å². The lowest BCUT2D eigenvalue weighted by Gasteiger charge is -2.16. The quantitative estimate of drug-likeness (QED) is 0.628. The van der Waals surface area contributed by atoms with Gasteiger partial charge in [0.15, 0.2) is 0 Å². The second kappa shape index (κ2) is 6.54. The molecule has 1 saturated heterocycles. The molecular weight excluding hydrogens is 228 g/mol. The Labute approximate surface area is 98.0 Å². The van der Waals surface area contributed by atoms with Gasteiger partial charge in [0.25, 0.3) is 0 Å². The largest absolute Gasteiger partial charge is 0.377 e. The van der Waals surface area contributed by atoms with Gasteiger partial charge in [-0.2, -0.15) is 0 Å². The zero-order valence-corrected chi connectivity index (χ0v) is 10.8. The molecule has 6 heteroatoms. The SMILES string of the molecule is CNCCCCS(=O)(=O)NC1CCOC1C. The summed E-state index contributed by atoms with van der Waals surface area (Å²) in [6.45, 7) is 3.41. The summed E-state index contributed by atoms with van der Waals surface area (Å²) in [4.78, 5) is 0. The first-order chi connectivity index (χ1) is 7.55. The molecule has 2 N–H and O–H groups in total. The zero-order chi connectivity index (χ0) is 12.0. The van der Waals surface area contributed by atoms with Crippen molar-refractivity contribution in [2.24, 2.45) is 0 Å². The fraction of sp³-hybridized carbons (Fsp3) is 1.00. The maximum absolute atomic E-state index is 11.7. The first kappa shape index (κ1) is 13.9. The van der Waals surface area contributed by atoms with E-state index in [0.29, 0.717) is 13.0 Å². The van der Waals surface area contributed by atoms with Crippen LogP contribution < -0.4 is 10.0 Å². The van der Waals surface area contributed by atoms with Gasteiger partial charge >= 0.3 is 0 Å². The highest BCUT2D eigenvalue weighted by atomic mass is 32.2. The number of hydrogen-bond donors (Lipinski definition) is 2. The molecule has 2 unspecified atom stereocenters. The lowest BCUT2D eigenvalue weighted by molar-refractivity contribution is 0.117. The highest BCUT2D eigenvalue weighted by Gasteiger charge is 2.27. The van der Waals surface area contributed by atoms with Gasteiger partial charge in [0, 0.05) is 12.6 Å². The number of ether oxygens (including phenoxy) is 1. The Morgan fingerprint density at radius 1 is 1.38 bits per heavy atom. The monoisotopic (exact) mass is 250 g/mol. The van der Waals surface area contributed by atoms with E-state index < -0.39 is 10.0 Å². The minimum absolute atomic E-state index is 0.00733. The summed E-state index contributed by atoms with van der Waals surface area (Å²) in [5.41, 5.74) is 0. The molecule has 0 bridgehead atoms. The van der Waals surface area contributed by atoms with Crippen molar-refractivity contribution in [1.29, 1.82) is 0 Å². The van der Waals surface area contributed by atoms with Crippen LogP contribution in [0.5, 0.6) is 0 Å². The molecule has 1 heterocycles. The van der Waals surface area contributed by atoms with E-state index in [9.17, 15) is 8.42 Å². The molecule has 1 aliphatic heterocycles. The maximum atomic E-state index is 11.7. The number of nitrogens with one attached hydrogen (secondary N) is 2. The third-order valence-corrected chi connectivity index (χ3v) is 4.29. The highest BCUT2D eigenvalue weighted by molar-refractivity contribution is 7.89. The van der Waals surface area contributed by atoms with Crippen molar-refractivity contribution >= 4 is 10.0 Å². The van der Waals surface area contributed by atoms with E-state index in [1.165, 1.54) is 0 Å². The van der Waals surface area contributed by atoms with E-state index >= 15 is 0 Å². The molecule has 0 aromatic rings. The molecule has 1 aliphatic rings. The van der Waals surface area contributed by atoms with Gasteiger partial charge in [-0.1, -0.05) is 0 Å². The number of hydrogen-bond acceptors (Lipinski definition) is 4. The fourth-order valence-electron chi connectivity index (χ4n) is 1.77. The lowest BCUT2D eigenvalue weighted by Crippen LogP contribution is -2.40. The molecule has 0 spiro atoms. The Kier molecular flexibility index (Phi) is 5.68. The molecule has 0 aromatic carbocycles. The lowest BCUT2D eigenvalue weighted by atomic mass is 10.2. The van der Waals surface area contributed by atoms with Crippen LogP contribution in [-0.4, -0.2) is 46.5 Å². The molecule has 0 aromatic heterocycles. The molecule has 1 fully saturated rings. The summed E-state index contributed by atoms with van der Waals surface area (Å²) in [6, 6.07) is -0.0469. The summed E-state index contributed by atoms with van der Waals surface area (Å²) in [6.07, 6.45) is 2.34. The van der Waals surface area contributed by atoms with Crippen molar-refractivity contribution in [1.82, 2.24) is 10.0 Å². The van der Waals surface area contributed by atoms with E-state index in [0.717, 1.165) is 19.4 Å². The summed E-state index contributed by atoms with van der Waals surface area (Å²) >= 11 is 0. The van der Waals surface area contributed by atoms with E-state index in [1.807, 2.05) is 14.0 Å². The molecule has 0 saturated carbocycles. The Hall–Kier alpha value is -0.170. The van der Waals surface area contributed by atoms with E-state index in [-0.39, 0.29) is 17.9 Å². The van der Waals surface area contributed by atoms with Crippen LogP contribution in [0, 0.1) is 0 Å². The summed E-state index contributed by atoms with van der Waals surface area (Å²) in [5.74, 6) is 0.206. The average molecular weight is 250 g/mol. The molecule has 2 atom stereocenters. The normalized spacial score (nSPS) is 26.1. The van der Waals surface area contributed by atoms with Crippen LogP contribution >= 0.6 is 0 Å². The van der Waals surface area contributed by atoms with E-state index in [4.69, 9.17) is 4.74 Å². The molecule has 0 radical (unpaired) electrons. The van der Waals surface area contributed by atoms with Gasteiger partial charge in [-0.3, -0.25) is 0 Å². The average Bonchev–Trinajstić information content (AvgIpc) is 2.59. The van der Waals surface area contributed by atoms with Crippen molar-refractivity contribution in [2.75, 3.05) is 26.0 Å². The molecule has 16 heavy (non-hydrogen) atoms. The van der Waals surface area contributed by atoms with Crippen molar-refractivity contribution < 1.29 is 13.2 Å². The zero-order valence-electron chi connectivity index (χ0n) is 10.0. The molecule has 0 aliphatic carbocycles. The Balaban J connectivity index is 2.28. The van der Waals surface area contributed by atoms with Gasteiger partial charge in [0.05, 0.1) is 11.9 Å². The molecule has 0 amide bonds. The third-order valence-electron chi connectivity index (χ3n) is 2.80. The highest BCUT2D eigenvalue weighted by Crippen LogP contribution is 2.13. The number of unbranched alkanes of at least 4 members (excludes halogenated alkanes) is 1. The maximum Gasteiger partial charge on any atom is 0.211 e. The van der Waals surface area contributed by atoms with E-state index in [1.54, 1.807) is 0 Å².